The van der Waals surface area contributed by atoms with Crippen molar-refractivity contribution in [2.45, 2.75) is 24.7 Å². The van der Waals surface area contributed by atoms with Crippen LogP contribution in [0.1, 0.15) is 18.4 Å². The lowest BCUT2D eigenvalue weighted by Gasteiger charge is -2.37. The highest BCUT2D eigenvalue weighted by molar-refractivity contribution is 7.89. The number of hydrogen-bond donors (Lipinski definition) is 0. The minimum atomic E-state index is -3.65. The Hall–Kier alpha value is -1.51. The van der Waals surface area contributed by atoms with Crippen molar-refractivity contribution in [3.8, 4) is 0 Å². The van der Waals surface area contributed by atoms with Crippen molar-refractivity contribution in [2.24, 2.45) is 5.92 Å². The molecule has 0 N–H and O–H groups in total. The predicted molar refractivity (Wildman–Crippen MR) is 96.7 cm³/mol. The van der Waals surface area contributed by atoms with E-state index in [-0.39, 0.29) is 16.7 Å². The summed E-state index contributed by atoms with van der Waals surface area (Å²) in [5, 5.41) is 0. The molecule has 2 saturated heterocycles. The average molecular weight is 383 g/mol. The molecule has 0 saturated carbocycles. The Morgan fingerprint density at radius 2 is 1.69 bits per heavy atom. The van der Waals surface area contributed by atoms with Crippen LogP contribution in [0.4, 0.5) is 4.39 Å². The van der Waals surface area contributed by atoms with E-state index < -0.39 is 15.8 Å². The summed E-state index contributed by atoms with van der Waals surface area (Å²) >= 11 is 0. The number of carbonyl (C=O) groups is 1. The van der Waals surface area contributed by atoms with Crippen molar-refractivity contribution in [3.05, 3.63) is 29.6 Å². The fraction of sp³-hybridized carbons (Fsp3) is 0.611. The summed E-state index contributed by atoms with van der Waals surface area (Å²) < 4.78 is 40.4. The van der Waals surface area contributed by atoms with Crippen LogP contribution in [0.5, 0.6) is 0 Å². The van der Waals surface area contributed by atoms with Gasteiger partial charge in [-0.2, -0.15) is 4.31 Å². The largest absolute Gasteiger partial charge is 0.340 e. The van der Waals surface area contributed by atoms with E-state index in [1.54, 1.807) is 6.92 Å². The van der Waals surface area contributed by atoms with E-state index in [9.17, 15) is 17.6 Å². The van der Waals surface area contributed by atoms with Crippen molar-refractivity contribution in [2.75, 3.05) is 46.3 Å². The topological polar surface area (TPSA) is 60.9 Å². The Bertz CT molecular complexity index is 768. The molecule has 3 rings (SSSR count). The number of hydrogen-bond acceptors (Lipinski definition) is 4. The molecular weight excluding hydrogens is 357 g/mol. The fourth-order valence-corrected chi connectivity index (χ4v) is 5.11. The first kappa shape index (κ1) is 19.3. The maximum Gasteiger partial charge on any atom is 0.243 e. The molecule has 2 fully saturated rings. The van der Waals surface area contributed by atoms with E-state index in [4.69, 9.17) is 0 Å². The van der Waals surface area contributed by atoms with Gasteiger partial charge in [-0.25, -0.2) is 12.8 Å². The number of aryl methyl sites for hydroxylation is 1. The van der Waals surface area contributed by atoms with Gasteiger partial charge in [0.05, 0.1) is 4.90 Å². The van der Waals surface area contributed by atoms with Crippen LogP contribution in [0, 0.1) is 18.7 Å². The monoisotopic (exact) mass is 383 g/mol. The van der Waals surface area contributed by atoms with Crippen molar-refractivity contribution in [1.29, 1.82) is 0 Å². The van der Waals surface area contributed by atoms with Gasteiger partial charge >= 0.3 is 0 Å². The molecule has 0 atom stereocenters. The number of carbonyl (C=O) groups excluding carboxylic acids is 1. The highest BCUT2D eigenvalue weighted by atomic mass is 32.2. The summed E-state index contributed by atoms with van der Waals surface area (Å²) in [6.07, 6.45) is 1.06. The first-order valence-electron chi connectivity index (χ1n) is 9.02. The molecule has 0 radical (unpaired) electrons. The van der Waals surface area contributed by atoms with Gasteiger partial charge in [-0.15, -0.1) is 0 Å². The molecule has 26 heavy (non-hydrogen) atoms. The molecule has 1 aromatic rings. The maximum absolute atomic E-state index is 13.4. The molecule has 0 aromatic heterocycles. The fourth-order valence-electron chi connectivity index (χ4n) is 3.55. The number of sulfonamides is 1. The molecule has 0 bridgehead atoms. The number of piperazine rings is 1. The zero-order chi connectivity index (χ0) is 18.9. The lowest BCUT2D eigenvalue weighted by Crippen LogP contribution is -2.50. The van der Waals surface area contributed by atoms with Crippen LogP contribution in [-0.2, 0) is 14.8 Å². The van der Waals surface area contributed by atoms with E-state index in [1.807, 2.05) is 11.9 Å². The minimum absolute atomic E-state index is 0.111. The zero-order valence-electron chi connectivity index (χ0n) is 15.3. The third-order valence-corrected chi connectivity index (χ3v) is 7.28. The molecule has 2 heterocycles. The van der Waals surface area contributed by atoms with Crippen LogP contribution in [0.3, 0.4) is 0 Å². The number of rotatable bonds is 3. The van der Waals surface area contributed by atoms with Gasteiger partial charge in [-0.05, 0) is 50.6 Å². The van der Waals surface area contributed by atoms with E-state index in [0.717, 1.165) is 26.2 Å². The minimum Gasteiger partial charge on any atom is -0.340 e. The summed E-state index contributed by atoms with van der Waals surface area (Å²) in [6.45, 7) is 5.43. The van der Waals surface area contributed by atoms with Crippen LogP contribution in [0.25, 0.3) is 0 Å². The second-order valence-electron chi connectivity index (χ2n) is 7.22. The highest BCUT2D eigenvalue weighted by Gasteiger charge is 2.34. The molecule has 8 heteroatoms. The van der Waals surface area contributed by atoms with Crippen LogP contribution >= 0.6 is 0 Å². The van der Waals surface area contributed by atoms with Gasteiger partial charge in [-0.3, -0.25) is 4.79 Å². The van der Waals surface area contributed by atoms with Gasteiger partial charge in [0.25, 0.3) is 0 Å². The second kappa shape index (κ2) is 7.62. The van der Waals surface area contributed by atoms with E-state index in [1.165, 1.54) is 22.5 Å². The second-order valence-corrected chi connectivity index (χ2v) is 9.16. The van der Waals surface area contributed by atoms with E-state index in [2.05, 4.69) is 4.90 Å². The van der Waals surface area contributed by atoms with Crippen molar-refractivity contribution >= 4 is 15.9 Å². The third kappa shape index (κ3) is 3.92. The SMILES string of the molecule is Cc1cc(S(=O)(=O)N2CCC(C(=O)N3CCN(C)CC3)CC2)ccc1F. The summed E-state index contributed by atoms with van der Waals surface area (Å²) in [4.78, 5) is 16.9. The van der Waals surface area contributed by atoms with E-state index >= 15 is 0 Å². The molecule has 144 valence electrons. The Morgan fingerprint density at radius 3 is 2.27 bits per heavy atom. The number of amides is 1. The molecule has 0 aliphatic carbocycles. The molecule has 0 unspecified atom stereocenters. The first-order chi connectivity index (χ1) is 12.3. The smallest absolute Gasteiger partial charge is 0.243 e. The number of halogens is 1. The average Bonchev–Trinajstić information content (AvgIpc) is 2.64. The van der Waals surface area contributed by atoms with Gasteiger partial charge < -0.3 is 9.80 Å². The van der Waals surface area contributed by atoms with Crippen molar-refractivity contribution in [3.63, 3.8) is 0 Å². The lowest BCUT2D eigenvalue weighted by molar-refractivity contribution is -0.138. The standard InChI is InChI=1S/C18H26FN3O3S/c1-14-13-16(3-4-17(14)19)26(24,25)22-7-5-15(6-8-22)18(23)21-11-9-20(2)10-12-21/h3-4,13,15H,5-12H2,1-2H3. The molecule has 2 aliphatic heterocycles. The normalized spacial score (nSPS) is 21.1. The Morgan fingerprint density at radius 1 is 1.08 bits per heavy atom. The van der Waals surface area contributed by atoms with Crippen molar-refractivity contribution < 1.29 is 17.6 Å². The summed E-state index contributed by atoms with van der Waals surface area (Å²) in [6, 6.07) is 3.86. The van der Waals surface area contributed by atoms with Gasteiger partial charge in [0.2, 0.25) is 15.9 Å². The third-order valence-electron chi connectivity index (χ3n) is 5.39. The van der Waals surface area contributed by atoms with Gasteiger partial charge in [0, 0.05) is 45.2 Å². The highest BCUT2D eigenvalue weighted by Crippen LogP contribution is 2.26. The quantitative estimate of drug-likeness (QED) is 0.790. The molecular formula is C18H26FN3O3S. The van der Waals surface area contributed by atoms with Gasteiger partial charge in [-0.1, -0.05) is 0 Å². The van der Waals surface area contributed by atoms with E-state index in [0.29, 0.717) is 31.5 Å². The number of likely N-dealkylation sites (N-methyl/N-ethyl adjacent to an activating group) is 1. The molecule has 2 aliphatic rings. The Labute approximate surface area is 154 Å². The lowest BCUT2D eigenvalue weighted by atomic mass is 9.96. The molecule has 0 spiro atoms. The Balaban J connectivity index is 1.62. The van der Waals surface area contributed by atoms with Crippen LogP contribution < -0.4 is 0 Å². The zero-order valence-corrected chi connectivity index (χ0v) is 16.1. The molecule has 1 amide bonds. The summed E-state index contributed by atoms with van der Waals surface area (Å²) in [5.41, 5.74) is 0.311. The molecule has 6 nitrogen and oxygen atoms in total. The van der Waals surface area contributed by atoms with Gasteiger partial charge in [0.1, 0.15) is 5.82 Å². The first-order valence-corrected chi connectivity index (χ1v) is 10.5. The number of benzene rings is 1. The maximum atomic E-state index is 13.4. The van der Waals surface area contributed by atoms with Crippen LogP contribution in [0.15, 0.2) is 23.1 Å². The van der Waals surface area contributed by atoms with Crippen molar-refractivity contribution in [1.82, 2.24) is 14.1 Å². The molecule has 1 aromatic carbocycles. The summed E-state index contributed by atoms with van der Waals surface area (Å²) in [7, 11) is -1.60. The number of piperidine rings is 1. The predicted octanol–water partition coefficient (Wildman–Crippen LogP) is 1.31. The Kier molecular flexibility index (Phi) is 5.64. The van der Waals surface area contributed by atoms with Gasteiger partial charge in [0.15, 0.2) is 0 Å². The van der Waals surface area contributed by atoms with Crippen LogP contribution in [-0.4, -0.2) is 74.7 Å². The van der Waals surface area contributed by atoms with Crippen LogP contribution in [0.2, 0.25) is 0 Å². The summed E-state index contributed by atoms with van der Waals surface area (Å²) in [5.74, 6) is -0.381. The number of nitrogens with zero attached hydrogens (tertiary/aromatic N) is 3.